The first-order valence-electron chi connectivity index (χ1n) is 4.48. The highest BCUT2D eigenvalue weighted by Crippen LogP contribution is 2.06. The number of rotatable bonds is 5. The lowest BCUT2D eigenvalue weighted by Gasteiger charge is -2.23. The number of hydrogen-bond acceptors (Lipinski definition) is 2. The molecule has 0 saturated carbocycles. The molecule has 11 heavy (non-hydrogen) atoms. The maximum atomic E-state index is 8.78. The second kappa shape index (κ2) is 5.56. The summed E-state index contributed by atoms with van der Waals surface area (Å²) in [7, 11) is 0. The molecule has 0 rings (SSSR count). The normalized spacial score (nSPS) is 19.4. The average molecular weight is 159 g/mol. The molecule has 68 valence electrons. The van der Waals surface area contributed by atoms with Crippen molar-refractivity contribution in [2.45, 2.75) is 46.2 Å². The first-order chi connectivity index (χ1) is 5.11. The van der Waals surface area contributed by atoms with Crippen LogP contribution >= 0.6 is 0 Å². The van der Waals surface area contributed by atoms with Crippen molar-refractivity contribution in [3.8, 4) is 0 Å². The maximum Gasteiger partial charge on any atom is 0.0582 e. The molecule has 2 N–H and O–H groups in total. The molecule has 3 atom stereocenters. The van der Waals surface area contributed by atoms with Gasteiger partial charge in [0.15, 0.2) is 0 Å². The monoisotopic (exact) mass is 159 g/mol. The molecular formula is C9H21NO. The van der Waals surface area contributed by atoms with Gasteiger partial charge < -0.3 is 10.4 Å². The van der Waals surface area contributed by atoms with Gasteiger partial charge >= 0.3 is 0 Å². The molecule has 0 unspecified atom stereocenters. The molecule has 0 aliphatic heterocycles. The van der Waals surface area contributed by atoms with E-state index in [0.29, 0.717) is 12.0 Å². The van der Waals surface area contributed by atoms with Gasteiger partial charge in [-0.05, 0) is 19.8 Å². The van der Waals surface area contributed by atoms with Crippen LogP contribution in [0.2, 0.25) is 0 Å². The summed E-state index contributed by atoms with van der Waals surface area (Å²) >= 11 is 0. The Kier molecular flexibility index (Phi) is 5.51. The predicted octanol–water partition coefficient (Wildman–Crippen LogP) is 1.39. The van der Waals surface area contributed by atoms with E-state index >= 15 is 0 Å². The molecule has 0 aliphatic carbocycles. The van der Waals surface area contributed by atoms with Gasteiger partial charge in [-0.25, -0.2) is 0 Å². The van der Waals surface area contributed by atoms with E-state index in [1.54, 1.807) is 0 Å². The number of aliphatic hydroxyl groups is 1. The smallest absolute Gasteiger partial charge is 0.0582 e. The van der Waals surface area contributed by atoms with Crippen molar-refractivity contribution in [2.24, 2.45) is 5.92 Å². The largest absolute Gasteiger partial charge is 0.395 e. The zero-order chi connectivity index (χ0) is 8.85. The Morgan fingerprint density at radius 2 is 1.82 bits per heavy atom. The van der Waals surface area contributed by atoms with Gasteiger partial charge in [-0.1, -0.05) is 20.3 Å². The molecule has 2 heteroatoms. The van der Waals surface area contributed by atoms with Crippen LogP contribution in [0.5, 0.6) is 0 Å². The lowest BCUT2D eigenvalue weighted by molar-refractivity contribution is 0.229. The van der Waals surface area contributed by atoms with E-state index < -0.39 is 0 Å². The Hall–Kier alpha value is -0.0800. The van der Waals surface area contributed by atoms with Crippen LogP contribution in [0.3, 0.4) is 0 Å². The fourth-order valence-corrected chi connectivity index (χ4v) is 1.02. The molecule has 0 heterocycles. The molecule has 0 aromatic rings. The summed E-state index contributed by atoms with van der Waals surface area (Å²) in [6.45, 7) is 8.80. The van der Waals surface area contributed by atoms with Gasteiger partial charge in [0.25, 0.3) is 0 Å². The summed E-state index contributed by atoms with van der Waals surface area (Å²) in [6.07, 6.45) is 1.19. The third kappa shape index (κ3) is 4.38. The van der Waals surface area contributed by atoms with Crippen LogP contribution in [0.1, 0.15) is 34.1 Å². The fraction of sp³-hybridized carbons (Fsp3) is 1.00. The van der Waals surface area contributed by atoms with Crippen LogP contribution < -0.4 is 5.32 Å². The molecule has 0 fully saturated rings. The van der Waals surface area contributed by atoms with Gasteiger partial charge in [-0.2, -0.15) is 0 Å². The van der Waals surface area contributed by atoms with Crippen LogP contribution in [0.25, 0.3) is 0 Å². The Morgan fingerprint density at radius 3 is 2.18 bits per heavy atom. The minimum Gasteiger partial charge on any atom is -0.395 e. The highest BCUT2D eigenvalue weighted by atomic mass is 16.3. The van der Waals surface area contributed by atoms with Crippen LogP contribution in [0.15, 0.2) is 0 Å². The molecule has 0 amide bonds. The van der Waals surface area contributed by atoms with Gasteiger partial charge in [0.2, 0.25) is 0 Å². The Morgan fingerprint density at radius 1 is 1.27 bits per heavy atom. The van der Waals surface area contributed by atoms with E-state index in [1.807, 2.05) is 6.92 Å². The predicted molar refractivity (Wildman–Crippen MR) is 48.6 cm³/mol. The van der Waals surface area contributed by atoms with Crippen LogP contribution in [0.4, 0.5) is 0 Å². The topological polar surface area (TPSA) is 32.3 Å². The molecular weight excluding hydrogens is 138 g/mol. The molecule has 0 aromatic carbocycles. The van der Waals surface area contributed by atoms with Crippen LogP contribution in [-0.4, -0.2) is 23.8 Å². The Balaban J connectivity index is 3.58. The quantitative estimate of drug-likeness (QED) is 0.635. The summed E-state index contributed by atoms with van der Waals surface area (Å²) < 4.78 is 0. The van der Waals surface area contributed by atoms with Crippen molar-refractivity contribution in [3.05, 3.63) is 0 Å². The standard InChI is InChI=1S/C9H21NO/c1-5-7(2)9(4)10-8(3)6-11/h7-11H,5-6H2,1-4H3/t7-,8+,9-/m1/s1. The van der Waals surface area contributed by atoms with E-state index in [-0.39, 0.29) is 12.6 Å². The Bertz CT molecular complexity index is 95.6. The molecule has 0 spiro atoms. The molecule has 0 radical (unpaired) electrons. The van der Waals surface area contributed by atoms with Crippen molar-refractivity contribution in [3.63, 3.8) is 0 Å². The SMILES string of the molecule is CC[C@@H](C)[C@@H](C)N[C@@H](C)CO. The maximum absolute atomic E-state index is 8.78. The van der Waals surface area contributed by atoms with Gasteiger partial charge in [0.05, 0.1) is 6.61 Å². The Labute approximate surface area is 70.0 Å². The van der Waals surface area contributed by atoms with Crippen molar-refractivity contribution in [1.29, 1.82) is 0 Å². The average Bonchev–Trinajstić information content (AvgIpc) is 2.02. The minimum atomic E-state index is 0.221. The van der Waals surface area contributed by atoms with E-state index in [2.05, 4.69) is 26.1 Å². The molecule has 0 saturated heterocycles. The number of hydrogen-bond donors (Lipinski definition) is 2. The summed E-state index contributed by atoms with van der Waals surface area (Å²) in [4.78, 5) is 0. The van der Waals surface area contributed by atoms with Gasteiger partial charge in [0.1, 0.15) is 0 Å². The minimum absolute atomic E-state index is 0.221. The van der Waals surface area contributed by atoms with E-state index in [0.717, 1.165) is 0 Å². The summed E-state index contributed by atoms with van der Waals surface area (Å²) in [5.41, 5.74) is 0. The van der Waals surface area contributed by atoms with Crippen LogP contribution in [-0.2, 0) is 0 Å². The zero-order valence-electron chi connectivity index (χ0n) is 8.09. The van der Waals surface area contributed by atoms with Crippen molar-refractivity contribution >= 4 is 0 Å². The van der Waals surface area contributed by atoms with E-state index in [4.69, 9.17) is 5.11 Å². The molecule has 0 bridgehead atoms. The van der Waals surface area contributed by atoms with Crippen LogP contribution in [0, 0.1) is 5.92 Å². The number of nitrogens with one attached hydrogen (secondary N) is 1. The van der Waals surface area contributed by atoms with E-state index in [1.165, 1.54) is 6.42 Å². The van der Waals surface area contributed by atoms with E-state index in [9.17, 15) is 0 Å². The second-order valence-electron chi connectivity index (χ2n) is 3.42. The highest BCUT2D eigenvalue weighted by molar-refractivity contribution is 4.70. The molecule has 2 nitrogen and oxygen atoms in total. The third-order valence-corrected chi connectivity index (χ3v) is 2.32. The lowest BCUT2D eigenvalue weighted by Crippen LogP contribution is -2.40. The van der Waals surface area contributed by atoms with Gasteiger partial charge in [-0.3, -0.25) is 0 Å². The van der Waals surface area contributed by atoms with Gasteiger partial charge in [0, 0.05) is 12.1 Å². The highest BCUT2D eigenvalue weighted by Gasteiger charge is 2.11. The summed E-state index contributed by atoms with van der Waals surface area (Å²) in [5, 5.41) is 12.1. The fourth-order valence-electron chi connectivity index (χ4n) is 1.02. The number of aliphatic hydroxyl groups excluding tert-OH is 1. The van der Waals surface area contributed by atoms with Crippen molar-refractivity contribution in [1.82, 2.24) is 5.32 Å². The molecule has 0 aliphatic rings. The van der Waals surface area contributed by atoms with Crippen molar-refractivity contribution in [2.75, 3.05) is 6.61 Å². The first kappa shape index (κ1) is 10.9. The first-order valence-corrected chi connectivity index (χ1v) is 4.48. The lowest BCUT2D eigenvalue weighted by atomic mass is 10.0. The summed E-state index contributed by atoms with van der Waals surface area (Å²) in [5.74, 6) is 0.684. The summed E-state index contributed by atoms with van der Waals surface area (Å²) in [6, 6.07) is 0.723. The third-order valence-electron chi connectivity index (χ3n) is 2.32. The van der Waals surface area contributed by atoms with Crippen molar-refractivity contribution < 1.29 is 5.11 Å². The molecule has 0 aromatic heterocycles. The van der Waals surface area contributed by atoms with Gasteiger partial charge in [-0.15, -0.1) is 0 Å². The second-order valence-corrected chi connectivity index (χ2v) is 3.42. The zero-order valence-corrected chi connectivity index (χ0v) is 8.09.